The van der Waals surface area contributed by atoms with Gasteiger partial charge >= 0.3 is 0 Å². The van der Waals surface area contributed by atoms with Crippen molar-refractivity contribution in [3.05, 3.63) is 54.1 Å². The Bertz CT molecular complexity index is 754. The molecule has 1 saturated heterocycles. The van der Waals surface area contributed by atoms with Gasteiger partial charge in [0, 0.05) is 31.0 Å². The second-order valence-corrected chi connectivity index (χ2v) is 7.41. The molecule has 2 aromatic rings. The topological polar surface area (TPSA) is 38.8 Å². The zero-order valence-electron chi connectivity index (χ0n) is 17.2. The summed E-state index contributed by atoms with van der Waals surface area (Å²) in [5.41, 5.74) is 2.27. The smallest absolute Gasteiger partial charge is 0.140 e. The van der Waals surface area contributed by atoms with E-state index in [0.717, 1.165) is 43.0 Å². The van der Waals surface area contributed by atoms with Crippen LogP contribution in [0.3, 0.4) is 0 Å². The molecule has 2 aromatic carbocycles. The monoisotopic (exact) mass is 381 g/mol. The summed E-state index contributed by atoms with van der Waals surface area (Å²) in [5.74, 6) is 2.04. The van der Waals surface area contributed by atoms with Gasteiger partial charge in [-0.25, -0.2) is 0 Å². The number of hydrogen-bond acceptors (Lipinski definition) is 4. The molecule has 4 nitrogen and oxygen atoms in total. The minimum absolute atomic E-state index is 0.0457. The number of nitrogens with zero attached hydrogens (tertiary/aromatic N) is 1. The molecule has 4 heteroatoms. The number of carbonyl (C=O) groups is 1. The summed E-state index contributed by atoms with van der Waals surface area (Å²) in [7, 11) is 0. The number of ketones is 1. The fraction of sp³-hybridized carbons (Fsp3) is 0.458. The Morgan fingerprint density at radius 2 is 1.75 bits per heavy atom. The van der Waals surface area contributed by atoms with Crippen molar-refractivity contribution in [2.45, 2.75) is 52.1 Å². The molecule has 0 radical (unpaired) electrons. The van der Waals surface area contributed by atoms with Crippen molar-refractivity contribution in [3.63, 3.8) is 0 Å². The van der Waals surface area contributed by atoms with Crippen molar-refractivity contribution < 1.29 is 14.3 Å². The van der Waals surface area contributed by atoms with Crippen LogP contribution in [0.5, 0.6) is 11.5 Å². The van der Waals surface area contributed by atoms with Crippen molar-refractivity contribution in [1.82, 2.24) is 0 Å². The molecule has 1 heterocycles. The van der Waals surface area contributed by atoms with Gasteiger partial charge < -0.3 is 14.4 Å². The number of hydrogen-bond donors (Lipinski definition) is 0. The van der Waals surface area contributed by atoms with Gasteiger partial charge in [0.25, 0.3) is 0 Å². The standard InChI is InChI=1S/C24H31NO3/c1-4-6-24(26)18(3)19-7-11-22(12-8-19)28-23-15-16-25(17-23)20-9-13-21(14-10-20)27-5-2/h7-14,18,23H,4-6,15-17H2,1-3H3/t18?,23-/m1/s1. The molecule has 0 N–H and O–H groups in total. The maximum Gasteiger partial charge on any atom is 0.140 e. The molecule has 2 atom stereocenters. The SMILES string of the molecule is CCCC(=O)C(C)c1ccc(O[C@@H]2CCN(c3ccc(OCC)cc3)C2)cc1. The van der Waals surface area contributed by atoms with E-state index in [9.17, 15) is 4.79 Å². The van der Waals surface area contributed by atoms with Gasteiger partial charge in [-0.05, 0) is 55.3 Å². The van der Waals surface area contributed by atoms with Gasteiger partial charge in [-0.2, -0.15) is 0 Å². The van der Waals surface area contributed by atoms with Gasteiger partial charge in [0.05, 0.1) is 13.2 Å². The Labute approximate surface area is 168 Å². The van der Waals surface area contributed by atoms with Crippen molar-refractivity contribution in [2.24, 2.45) is 0 Å². The summed E-state index contributed by atoms with van der Waals surface area (Å²) in [4.78, 5) is 14.4. The van der Waals surface area contributed by atoms with E-state index in [2.05, 4.69) is 17.0 Å². The third-order valence-corrected chi connectivity index (χ3v) is 5.32. The van der Waals surface area contributed by atoms with E-state index in [4.69, 9.17) is 9.47 Å². The second-order valence-electron chi connectivity index (χ2n) is 7.41. The second kappa shape index (κ2) is 9.63. The van der Waals surface area contributed by atoms with Crippen molar-refractivity contribution >= 4 is 11.5 Å². The Morgan fingerprint density at radius 3 is 2.39 bits per heavy atom. The molecule has 0 spiro atoms. The van der Waals surface area contributed by atoms with Gasteiger partial charge in [-0.3, -0.25) is 4.79 Å². The largest absolute Gasteiger partial charge is 0.494 e. The summed E-state index contributed by atoms with van der Waals surface area (Å²) in [6.07, 6.45) is 2.72. The Morgan fingerprint density at radius 1 is 1.07 bits per heavy atom. The van der Waals surface area contributed by atoms with Crippen LogP contribution in [0.4, 0.5) is 5.69 Å². The number of rotatable bonds is 9. The van der Waals surface area contributed by atoms with E-state index in [1.165, 1.54) is 5.69 Å². The molecule has 0 amide bonds. The lowest BCUT2D eigenvalue weighted by atomic mass is 9.94. The molecule has 1 aliphatic heterocycles. The lowest BCUT2D eigenvalue weighted by Crippen LogP contribution is -2.24. The van der Waals surface area contributed by atoms with Gasteiger partial charge in [0.1, 0.15) is 23.4 Å². The van der Waals surface area contributed by atoms with Gasteiger partial charge in [0.15, 0.2) is 0 Å². The van der Waals surface area contributed by atoms with E-state index in [0.29, 0.717) is 18.8 Å². The van der Waals surface area contributed by atoms with E-state index in [1.807, 2.05) is 57.2 Å². The van der Waals surface area contributed by atoms with E-state index in [1.54, 1.807) is 0 Å². The fourth-order valence-corrected chi connectivity index (χ4v) is 3.66. The first-order chi connectivity index (χ1) is 13.6. The first kappa shape index (κ1) is 20.2. The minimum Gasteiger partial charge on any atom is -0.494 e. The highest BCUT2D eigenvalue weighted by Gasteiger charge is 2.24. The first-order valence-corrected chi connectivity index (χ1v) is 10.4. The lowest BCUT2D eigenvalue weighted by Gasteiger charge is -2.19. The molecule has 1 unspecified atom stereocenters. The van der Waals surface area contributed by atoms with Crippen LogP contribution < -0.4 is 14.4 Å². The first-order valence-electron chi connectivity index (χ1n) is 10.4. The summed E-state index contributed by atoms with van der Waals surface area (Å²) in [6.45, 7) is 8.57. The van der Waals surface area contributed by atoms with Crippen LogP contribution in [0.15, 0.2) is 48.5 Å². The summed E-state index contributed by atoms with van der Waals surface area (Å²) < 4.78 is 11.7. The summed E-state index contributed by atoms with van der Waals surface area (Å²) in [6, 6.07) is 16.3. The average molecular weight is 382 g/mol. The van der Waals surface area contributed by atoms with Crippen molar-refractivity contribution in [1.29, 1.82) is 0 Å². The molecule has 1 fully saturated rings. The maximum atomic E-state index is 12.1. The number of benzene rings is 2. The number of carbonyl (C=O) groups excluding carboxylic acids is 1. The highest BCUT2D eigenvalue weighted by atomic mass is 16.5. The molecule has 0 bridgehead atoms. The third-order valence-electron chi connectivity index (χ3n) is 5.32. The van der Waals surface area contributed by atoms with E-state index >= 15 is 0 Å². The third kappa shape index (κ3) is 5.06. The fourth-order valence-electron chi connectivity index (χ4n) is 3.66. The molecular weight excluding hydrogens is 350 g/mol. The van der Waals surface area contributed by atoms with Gasteiger partial charge in [0.2, 0.25) is 0 Å². The summed E-state index contributed by atoms with van der Waals surface area (Å²) >= 11 is 0. The molecule has 0 saturated carbocycles. The van der Waals surface area contributed by atoms with Crippen LogP contribution in [0.2, 0.25) is 0 Å². The molecule has 28 heavy (non-hydrogen) atoms. The van der Waals surface area contributed by atoms with Crippen LogP contribution in [-0.2, 0) is 4.79 Å². The number of anilines is 1. The van der Waals surface area contributed by atoms with Crippen LogP contribution >= 0.6 is 0 Å². The molecule has 1 aliphatic rings. The lowest BCUT2D eigenvalue weighted by molar-refractivity contribution is -0.120. The molecule has 3 rings (SSSR count). The highest BCUT2D eigenvalue weighted by molar-refractivity contribution is 5.85. The summed E-state index contributed by atoms with van der Waals surface area (Å²) in [5, 5.41) is 0. The molecule has 0 aromatic heterocycles. The quantitative estimate of drug-likeness (QED) is 0.597. The Kier molecular flexibility index (Phi) is 6.96. The predicted molar refractivity (Wildman–Crippen MR) is 114 cm³/mol. The van der Waals surface area contributed by atoms with Crippen molar-refractivity contribution in [2.75, 3.05) is 24.6 Å². The highest BCUT2D eigenvalue weighted by Crippen LogP contribution is 2.27. The molecule has 0 aliphatic carbocycles. The predicted octanol–water partition coefficient (Wildman–Crippen LogP) is 5.22. The van der Waals surface area contributed by atoms with E-state index in [-0.39, 0.29) is 12.0 Å². The Hall–Kier alpha value is -2.49. The molecular formula is C24H31NO3. The van der Waals surface area contributed by atoms with Crippen LogP contribution in [0.1, 0.15) is 51.5 Å². The van der Waals surface area contributed by atoms with Crippen molar-refractivity contribution in [3.8, 4) is 11.5 Å². The maximum absolute atomic E-state index is 12.1. The number of ether oxygens (including phenoxy) is 2. The number of Topliss-reactive ketones (excluding diaryl/α,β-unsaturated/α-hetero) is 1. The Balaban J connectivity index is 1.54. The van der Waals surface area contributed by atoms with E-state index < -0.39 is 0 Å². The molecule has 150 valence electrons. The average Bonchev–Trinajstić information content (AvgIpc) is 3.17. The van der Waals surface area contributed by atoms with Gasteiger partial charge in [-0.1, -0.05) is 26.0 Å². The minimum atomic E-state index is -0.0457. The normalized spacial score (nSPS) is 17.4. The van der Waals surface area contributed by atoms with Gasteiger partial charge in [-0.15, -0.1) is 0 Å². The van der Waals surface area contributed by atoms with Crippen LogP contribution in [0, 0.1) is 0 Å². The van der Waals surface area contributed by atoms with Crippen LogP contribution in [0.25, 0.3) is 0 Å². The zero-order chi connectivity index (χ0) is 19.9. The van der Waals surface area contributed by atoms with Crippen LogP contribution in [-0.4, -0.2) is 31.6 Å². The zero-order valence-corrected chi connectivity index (χ0v) is 17.2.